The molecule has 0 heterocycles. The zero-order valence-electron chi connectivity index (χ0n) is 14.3. The van der Waals surface area contributed by atoms with Crippen LogP contribution >= 0.6 is 0 Å². The molecule has 0 aliphatic heterocycles. The number of halogens is 1. The van der Waals surface area contributed by atoms with Gasteiger partial charge in [0.05, 0.1) is 11.3 Å². The zero-order valence-corrected chi connectivity index (χ0v) is 15.2. The van der Waals surface area contributed by atoms with E-state index >= 15 is 0 Å². The predicted octanol–water partition coefficient (Wildman–Crippen LogP) is 3.08. The minimum absolute atomic E-state index is 0.0670. The predicted molar refractivity (Wildman–Crippen MR) is 95.3 cm³/mol. The molecule has 0 unspecified atom stereocenters. The Balaban J connectivity index is 2.11. The quantitative estimate of drug-likeness (QED) is 0.856. The topological polar surface area (TPSA) is 75.3 Å². The number of amides is 1. The van der Waals surface area contributed by atoms with E-state index in [9.17, 15) is 17.6 Å². The molecule has 5 nitrogen and oxygen atoms in total. The summed E-state index contributed by atoms with van der Waals surface area (Å²) in [6.07, 6.45) is 0.0670. The Hall–Kier alpha value is -2.25. The van der Waals surface area contributed by atoms with E-state index in [1.54, 1.807) is 32.9 Å². The van der Waals surface area contributed by atoms with Crippen molar-refractivity contribution in [1.29, 1.82) is 0 Å². The summed E-state index contributed by atoms with van der Waals surface area (Å²) in [5.41, 5.74) is 0.432. The van der Waals surface area contributed by atoms with Gasteiger partial charge in [0.15, 0.2) is 0 Å². The molecule has 25 heavy (non-hydrogen) atoms. The molecule has 134 valence electrons. The zero-order chi connectivity index (χ0) is 18.7. The van der Waals surface area contributed by atoms with Crippen LogP contribution in [0.5, 0.6) is 0 Å². The first kappa shape index (κ1) is 19.1. The molecule has 2 N–H and O–H groups in total. The van der Waals surface area contributed by atoms with Gasteiger partial charge in [-0.15, -0.1) is 0 Å². The van der Waals surface area contributed by atoms with Gasteiger partial charge in [0.2, 0.25) is 15.9 Å². The van der Waals surface area contributed by atoms with Crippen LogP contribution in [0.4, 0.5) is 10.1 Å². The summed E-state index contributed by atoms with van der Waals surface area (Å²) in [6.45, 7) is 5.25. The van der Waals surface area contributed by atoms with Gasteiger partial charge in [-0.05, 0) is 56.7 Å². The molecule has 0 radical (unpaired) electrons. The standard InChI is InChI=1S/C18H21FN2O3S/c1-18(2,3)21-25(23,24)16-6-4-5-15(12-16)20-17(22)11-13-7-9-14(19)10-8-13/h4-10,12,21H,11H2,1-3H3,(H,20,22). The summed E-state index contributed by atoms with van der Waals surface area (Å²) in [4.78, 5) is 12.2. The SMILES string of the molecule is CC(C)(C)NS(=O)(=O)c1cccc(NC(=O)Cc2ccc(F)cc2)c1. The summed E-state index contributed by atoms with van der Waals surface area (Å²) < 4.78 is 40.1. The molecule has 0 aliphatic rings. The first-order valence-corrected chi connectivity index (χ1v) is 9.22. The second kappa shape index (κ2) is 7.33. The molecule has 0 aliphatic carbocycles. The molecule has 0 bridgehead atoms. The van der Waals surface area contributed by atoms with E-state index in [-0.39, 0.29) is 23.0 Å². The normalized spacial score (nSPS) is 12.0. The van der Waals surface area contributed by atoms with Crippen molar-refractivity contribution >= 4 is 21.6 Å². The Morgan fingerprint density at radius 2 is 1.72 bits per heavy atom. The Morgan fingerprint density at radius 1 is 1.08 bits per heavy atom. The van der Waals surface area contributed by atoms with Gasteiger partial charge in [-0.25, -0.2) is 17.5 Å². The average Bonchev–Trinajstić information content (AvgIpc) is 2.47. The summed E-state index contributed by atoms with van der Waals surface area (Å²) in [5, 5.41) is 2.66. The molecule has 2 aromatic rings. The summed E-state index contributed by atoms with van der Waals surface area (Å²) in [6, 6.07) is 11.7. The van der Waals surface area contributed by atoms with Crippen LogP contribution in [0.15, 0.2) is 53.4 Å². The highest BCUT2D eigenvalue weighted by Crippen LogP contribution is 2.18. The van der Waals surface area contributed by atoms with Crippen molar-refractivity contribution in [2.45, 2.75) is 37.6 Å². The molecule has 0 atom stereocenters. The summed E-state index contributed by atoms with van der Waals surface area (Å²) in [5.74, 6) is -0.682. The largest absolute Gasteiger partial charge is 0.326 e. The van der Waals surface area contributed by atoms with Gasteiger partial charge in [-0.3, -0.25) is 4.79 Å². The van der Waals surface area contributed by atoms with E-state index in [0.717, 1.165) is 0 Å². The van der Waals surface area contributed by atoms with Crippen LogP contribution in [0.1, 0.15) is 26.3 Å². The molecule has 1 amide bonds. The monoisotopic (exact) mass is 364 g/mol. The van der Waals surface area contributed by atoms with Gasteiger partial charge in [0, 0.05) is 11.2 Å². The van der Waals surface area contributed by atoms with Gasteiger partial charge in [-0.2, -0.15) is 0 Å². The lowest BCUT2D eigenvalue weighted by atomic mass is 10.1. The number of nitrogens with one attached hydrogen (secondary N) is 2. The Morgan fingerprint density at radius 3 is 2.32 bits per heavy atom. The Bertz CT molecular complexity index is 857. The Kier molecular flexibility index (Phi) is 5.59. The van der Waals surface area contributed by atoms with Crippen LogP contribution in [0.3, 0.4) is 0 Å². The fourth-order valence-electron chi connectivity index (χ4n) is 2.20. The maximum Gasteiger partial charge on any atom is 0.241 e. The summed E-state index contributed by atoms with van der Waals surface area (Å²) in [7, 11) is -3.68. The maximum absolute atomic E-state index is 12.9. The van der Waals surface area contributed by atoms with Crippen LogP contribution < -0.4 is 10.0 Å². The lowest BCUT2D eigenvalue weighted by molar-refractivity contribution is -0.115. The molecule has 0 aromatic heterocycles. The van der Waals surface area contributed by atoms with Gasteiger partial charge >= 0.3 is 0 Å². The van der Waals surface area contributed by atoms with Crippen LogP contribution in [-0.4, -0.2) is 19.9 Å². The molecule has 0 saturated heterocycles. The number of sulfonamides is 1. The fraction of sp³-hybridized carbons (Fsp3) is 0.278. The van der Waals surface area contributed by atoms with E-state index in [1.165, 1.54) is 36.4 Å². The number of anilines is 1. The number of hydrogen-bond donors (Lipinski definition) is 2. The third-order valence-electron chi connectivity index (χ3n) is 3.15. The molecule has 2 aromatic carbocycles. The number of rotatable bonds is 5. The van der Waals surface area contributed by atoms with Gasteiger partial charge < -0.3 is 5.32 Å². The smallest absolute Gasteiger partial charge is 0.241 e. The van der Waals surface area contributed by atoms with Crippen molar-refractivity contribution in [3.8, 4) is 0 Å². The van der Waals surface area contributed by atoms with E-state index in [1.807, 2.05) is 0 Å². The molecular weight excluding hydrogens is 343 g/mol. The van der Waals surface area contributed by atoms with E-state index in [2.05, 4.69) is 10.0 Å². The first-order chi connectivity index (χ1) is 11.5. The molecule has 2 rings (SSSR count). The van der Waals surface area contributed by atoms with Gasteiger partial charge in [0.1, 0.15) is 5.82 Å². The number of benzene rings is 2. The highest BCUT2D eigenvalue weighted by molar-refractivity contribution is 7.89. The van der Waals surface area contributed by atoms with Crippen molar-refractivity contribution in [3.05, 3.63) is 59.9 Å². The van der Waals surface area contributed by atoms with Gasteiger partial charge in [0.25, 0.3) is 0 Å². The molecule has 0 fully saturated rings. The van der Waals surface area contributed by atoms with Crippen molar-refractivity contribution < 1.29 is 17.6 Å². The van der Waals surface area contributed by atoms with E-state index < -0.39 is 15.6 Å². The van der Waals surface area contributed by atoms with Crippen LogP contribution in [-0.2, 0) is 21.2 Å². The molecule has 7 heteroatoms. The van der Waals surface area contributed by atoms with Crippen molar-refractivity contribution in [3.63, 3.8) is 0 Å². The second-order valence-corrected chi connectivity index (χ2v) is 8.42. The fourth-order valence-corrected chi connectivity index (χ4v) is 3.66. The van der Waals surface area contributed by atoms with Crippen molar-refractivity contribution in [1.82, 2.24) is 4.72 Å². The number of carbonyl (C=O) groups excluding carboxylic acids is 1. The molecular formula is C18H21FN2O3S. The van der Waals surface area contributed by atoms with Crippen LogP contribution in [0.2, 0.25) is 0 Å². The molecule has 0 spiro atoms. The lowest BCUT2D eigenvalue weighted by Gasteiger charge is -2.20. The van der Waals surface area contributed by atoms with Crippen LogP contribution in [0, 0.1) is 5.82 Å². The maximum atomic E-state index is 12.9. The third-order valence-corrected chi connectivity index (χ3v) is 4.90. The number of carbonyl (C=O) groups is 1. The highest BCUT2D eigenvalue weighted by atomic mass is 32.2. The van der Waals surface area contributed by atoms with Gasteiger partial charge in [-0.1, -0.05) is 18.2 Å². The lowest BCUT2D eigenvalue weighted by Crippen LogP contribution is -2.40. The average molecular weight is 364 g/mol. The van der Waals surface area contributed by atoms with Crippen molar-refractivity contribution in [2.75, 3.05) is 5.32 Å². The minimum Gasteiger partial charge on any atom is -0.326 e. The summed E-state index contributed by atoms with van der Waals surface area (Å²) >= 11 is 0. The van der Waals surface area contributed by atoms with E-state index in [4.69, 9.17) is 0 Å². The molecule has 0 saturated carbocycles. The first-order valence-electron chi connectivity index (χ1n) is 7.73. The highest BCUT2D eigenvalue weighted by Gasteiger charge is 2.22. The van der Waals surface area contributed by atoms with E-state index in [0.29, 0.717) is 11.3 Å². The second-order valence-electron chi connectivity index (χ2n) is 6.73. The Labute approximate surface area is 147 Å². The van der Waals surface area contributed by atoms with Crippen molar-refractivity contribution in [2.24, 2.45) is 0 Å². The van der Waals surface area contributed by atoms with Crippen LogP contribution in [0.25, 0.3) is 0 Å². The third kappa shape index (κ3) is 5.95. The minimum atomic E-state index is -3.68. The number of hydrogen-bond acceptors (Lipinski definition) is 3.